The number of piperidine rings is 1. The summed E-state index contributed by atoms with van der Waals surface area (Å²) in [6.07, 6.45) is 3.44. The summed E-state index contributed by atoms with van der Waals surface area (Å²) in [6, 6.07) is 8.06. The highest BCUT2D eigenvalue weighted by Crippen LogP contribution is 2.31. The minimum atomic E-state index is -3.15. The summed E-state index contributed by atoms with van der Waals surface area (Å²) in [5, 5.41) is 0. The SMILES string of the molecule is COc1ccc(C2CCN(C(=O)C3CCN(S(C)(=O)=O)CC3)C2)cc1. The van der Waals surface area contributed by atoms with Gasteiger partial charge < -0.3 is 9.64 Å². The number of methoxy groups -OCH3 is 1. The van der Waals surface area contributed by atoms with Gasteiger partial charge in [0.05, 0.1) is 13.4 Å². The second kappa shape index (κ2) is 7.33. The molecule has 2 heterocycles. The largest absolute Gasteiger partial charge is 0.497 e. The van der Waals surface area contributed by atoms with Crippen molar-refractivity contribution in [2.75, 3.05) is 39.5 Å². The molecule has 1 aromatic carbocycles. The number of carbonyl (C=O) groups excluding carboxylic acids is 1. The van der Waals surface area contributed by atoms with E-state index in [9.17, 15) is 13.2 Å². The number of carbonyl (C=O) groups is 1. The van der Waals surface area contributed by atoms with Gasteiger partial charge in [0.25, 0.3) is 0 Å². The lowest BCUT2D eigenvalue weighted by atomic mass is 9.96. The Bertz CT molecular complexity index is 709. The van der Waals surface area contributed by atoms with Crippen LogP contribution in [0, 0.1) is 5.92 Å². The molecule has 25 heavy (non-hydrogen) atoms. The molecule has 0 bridgehead atoms. The lowest BCUT2D eigenvalue weighted by Crippen LogP contribution is -2.43. The van der Waals surface area contributed by atoms with Gasteiger partial charge in [0.2, 0.25) is 15.9 Å². The molecule has 0 spiro atoms. The monoisotopic (exact) mass is 366 g/mol. The molecule has 1 unspecified atom stereocenters. The standard InChI is InChI=1S/C18H26N2O4S/c1-24-17-5-3-14(4-6-17)16-7-10-19(13-16)18(21)15-8-11-20(12-9-15)25(2,22)23/h3-6,15-16H,7-13H2,1-2H3. The zero-order chi connectivity index (χ0) is 18.0. The number of ether oxygens (including phenoxy) is 1. The van der Waals surface area contributed by atoms with Crippen LogP contribution in [0.2, 0.25) is 0 Å². The van der Waals surface area contributed by atoms with E-state index in [0.29, 0.717) is 31.8 Å². The molecule has 0 N–H and O–H groups in total. The fourth-order valence-corrected chi connectivity index (χ4v) is 4.68. The molecule has 2 fully saturated rings. The Hall–Kier alpha value is -1.60. The Morgan fingerprint density at radius 3 is 2.28 bits per heavy atom. The van der Waals surface area contributed by atoms with Crippen molar-refractivity contribution in [3.05, 3.63) is 29.8 Å². The molecule has 0 saturated carbocycles. The van der Waals surface area contributed by atoms with Crippen LogP contribution in [0.15, 0.2) is 24.3 Å². The number of hydrogen-bond donors (Lipinski definition) is 0. The first-order valence-corrected chi connectivity index (χ1v) is 10.6. The molecule has 6 nitrogen and oxygen atoms in total. The molecule has 0 aliphatic carbocycles. The minimum Gasteiger partial charge on any atom is -0.497 e. The van der Waals surface area contributed by atoms with Crippen molar-refractivity contribution in [1.82, 2.24) is 9.21 Å². The van der Waals surface area contributed by atoms with Gasteiger partial charge in [-0.15, -0.1) is 0 Å². The Morgan fingerprint density at radius 1 is 1.08 bits per heavy atom. The summed E-state index contributed by atoms with van der Waals surface area (Å²) in [7, 11) is -1.49. The maximum atomic E-state index is 12.8. The van der Waals surface area contributed by atoms with Gasteiger partial charge in [-0.3, -0.25) is 4.79 Å². The van der Waals surface area contributed by atoms with Crippen LogP contribution in [0.4, 0.5) is 0 Å². The van der Waals surface area contributed by atoms with Crippen LogP contribution < -0.4 is 4.74 Å². The molecule has 1 aromatic rings. The molecular weight excluding hydrogens is 340 g/mol. The quantitative estimate of drug-likeness (QED) is 0.813. The van der Waals surface area contributed by atoms with E-state index in [1.807, 2.05) is 17.0 Å². The minimum absolute atomic E-state index is 0.0485. The van der Waals surface area contributed by atoms with E-state index in [1.54, 1.807) is 7.11 Å². The van der Waals surface area contributed by atoms with E-state index >= 15 is 0 Å². The topological polar surface area (TPSA) is 66.9 Å². The number of likely N-dealkylation sites (tertiary alicyclic amines) is 1. The van der Waals surface area contributed by atoms with E-state index in [1.165, 1.54) is 16.1 Å². The third kappa shape index (κ3) is 4.15. The molecule has 138 valence electrons. The van der Waals surface area contributed by atoms with Gasteiger partial charge in [0.1, 0.15) is 5.75 Å². The van der Waals surface area contributed by atoms with Gasteiger partial charge in [0.15, 0.2) is 0 Å². The fraction of sp³-hybridized carbons (Fsp3) is 0.611. The summed E-state index contributed by atoms with van der Waals surface area (Å²) >= 11 is 0. The van der Waals surface area contributed by atoms with E-state index in [-0.39, 0.29) is 11.8 Å². The number of hydrogen-bond acceptors (Lipinski definition) is 4. The molecular formula is C18H26N2O4S. The summed E-state index contributed by atoms with van der Waals surface area (Å²) in [5.74, 6) is 1.34. The van der Waals surface area contributed by atoms with E-state index in [0.717, 1.165) is 25.3 Å². The Balaban J connectivity index is 1.56. The van der Waals surface area contributed by atoms with Gasteiger partial charge in [-0.2, -0.15) is 0 Å². The van der Waals surface area contributed by atoms with E-state index < -0.39 is 10.0 Å². The predicted molar refractivity (Wildman–Crippen MR) is 96.1 cm³/mol. The molecule has 1 amide bonds. The smallest absolute Gasteiger partial charge is 0.225 e. The number of benzene rings is 1. The van der Waals surface area contributed by atoms with E-state index in [2.05, 4.69) is 12.1 Å². The van der Waals surface area contributed by atoms with Crippen LogP contribution in [0.25, 0.3) is 0 Å². The molecule has 2 saturated heterocycles. The lowest BCUT2D eigenvalue weighted by molar-refractivity contribution is -0.135. The van der Waals surface area contributed by atoms with Crippen LogP contribution in [0.3, 0.4) is 0 Å². The normalized spacial score (nSPS) is 23.0. The highest BCUT2D eigenvalue weighted by atomic mass is 32.2. The molecule has 0 aromatic heterocycles. The summed E-state index contributed by atoms with van der Waals surface area (Å²) in [4.78, 5) is 14.7. The van der Waals surface area contributed by atoms with Crippen molar-refractivity contribution in [3.8, 4) is 5.75 Å². The van der Waals surface area contributed by atoms with Crippen molar-refractivity contribution in [1.29, 1.82) is 0 Å². The van der Waals surface area contributed by atoms with Crippen LogP contribution in [0.5, 0.6) is 5.75 Å². The average Bonchev–Trinajstić information content (AvgIpc) is 3.10. The second-order valence-corrected chi connectivity index (χ2v) is 8.96. The second-order valence-electron chi connectivity index (χ2n) is 6.98. The van der Waals surface area contributed by atoms with Crippen LogP contribution >= 0.6 is 0 Å². The van der Waals surface area contributed by atoms with Crippen molar-refractivity contribution in [2.24, 2.45) is 5.92 Å². The predicted octanol–water partition coefficient (Wildman–Crippen LogP) is 1.68. The van der Waals surface area contributed by atoms with Crippen LogP contribution in [0.1, 0.15) is 30.7 Å². The van der Waals surface area contributed by atoms with E-state index in [4.69, 9.17) is 4.74 Å². The van der Waals surface area contributed by atoms with Crippen LogP contribution in [-0.4, -0.2) is 63.1 Å². The highest BCUT2D eigenvalue weighted by molar-refractivity contribution is 7.88. The first-order valence-electron chi connectivity index (χ1n) is 8.76. The lowest BCUT2D eigenvalue weighted by Gasteiger charge is -2.31. The van der Waals surface area contributed by atoms with Crippen LogP contribution in [-0.2, 0) is 14.8 Å². The maximum absolute atomic E-state index is 12.8. The Labute approximate surface area is 149 Å². The summed E-state index contributed by atoms with van der Waals surface area (Å²) in [6.45, 7) is 2.43. The Morgan fingerprint density at radius 2 is 1.72 bits per heavy atom. The number of nitrogens with zero attached hydrogens (tertiary/aromatic N) is 2. The maximum Gasteiger partial charge on any atom is 0.225 e. The Kier molecular flexibility index (Phi) is 5.34. The summed E-state index contributed by atoms with van der Waals surface area (Å²) < 4.78 is 29.8. The van der Waals surface area contributed by atoms with Gasteiger partial charge in [0, 0.05) is 38.0 Å². The molecule has 2 aliphatic heterocycles. The number of rotatable bonds is 4. The summed E-state index contributed by atoms with van der Waals surface area (Å²) in [5.41, 5.74) is 1.24. The first-order chi connectivity index (χ1) is 11.9. The molecule has 7 heteroatoms. The van der Waals surface area contributed by atoms with Gasteiger partial charge in [-0.25, -0.2) is 12.7 Å². The fourth-order valence-electron chi connectivity index (χ4n) is 3.80. The molecule has 2 aliphatic rings. The molecule has 0 radical (unpaired) electrons. The van der Waals surface area contributed by atoms with Gasteiger partial charge >= 0.3 is 0 Å². The molecule has 3 rings (SSSR count). The van der Waals surface area contributed by atoms with Gasteiger partial charge in [-0.05, 0) is 37.0 Å². The van der Waals surface area contributed by atoms with Crippen molar-refractivity contribution in [3.63, 3.8) is 0 Å². The van der Waals surface area contributed by atoms with Crippen molar-refractivity contribution >= 4 is 15.9 Å². The zero-order valence-electron chi connectivity index (χ0n) is 14.8. The van der Waals surface area contributed by atoms with Gasteiger partial charge in [-0.1, -0.05) is 12.1 Å². The number of amides is 1. The zero-order valence-corrected chi connectivity index (χ0v) is 15.7. The van der Waals surface area contributed by atoms with Crippen molar-refractivity contribution in [2.45, 2.75) is 25.2 Å². The third-order valence-corrected chi connectivity index (χ3v) is 6.66. The average molecular weight is 366 g/mol. The third-order valence-electron chi connectivity index (χ3n) is 5.36. The molecule has 1 atom stereocenters. The van der Waals surface area contributed by atoms with Crippen molar-refractivity contribution < 1.29 is 17.9 Å². The highest BCUT2D eigenvalue weighted by Gasteiger charge is 2.34. The first kappa shape index (κ1) is 18.2. The number of sulfonamides is 1.